The van der Waals surface area contributed by atoms with Crippen LogP contribution in [0, 0.1) is 0 Å². The van der Waals surface area contributed by atoms with Gasteiger partial charge in [0.05, 0.1) is 7.05 Å². The van der Waals surface area contributed by atoms with Gasteiger partial charge in [0.2, 0.25) is 5.78 Å². The van der Waals surface area contributed by atoms with Gasteiger partial charge >= 0.3 is 0 Å². The zero-order valence-electron chi connectivity index (χ0n) is 9.23. The zero-order valence-corrected chi connectivity index (χ0v) is 9.23. The predicted octanol–water partition coefficient (Wildman–Crippen LogP) is 1.53. The molecule has 0 bridgehead atoms. The molecular weight excluding hydrogens is 198 g/mol. The number of likely N-dealkylation sites (N-methyl/N-ethyl adjacent to an activating group) is 1. The Balaban J connectivity index is 2.60. The van der Waals surface area contributed by atoms with Crippen molar-refractivity contribution in [3.05, 3.63) is 65.9 Å². The third-order valence-corrected chi connectivity index (χ3v) is 2.68. The number of benzene rings is 1. The number of allylic oxidation sites excluding steroid dienone is 5. The lowest BCUT2D eigenvalue weighted by Gasteiger charge is -1.97. The van der Waals surface area contributed by atoms with Crippen molar-refractivity contribution in [3.63, 3.8) is 0 Å². The number of fused-ring (bicyclic) bond motifs is 1. The van der Waals surface area contributed by atoms with Gasteiger partial charge in [-0.15, -0.1) is 0 Å². The van der Waals surface area contributed by atoms with Crippen LogP contribution < -0.4 is 5.32 Å². The first-order chi connectivity index (χ1) is 7.79. The highest BCUT2D eigenvalue weighted by atomic mass is 16.1. The van der Waals surface area contributed by atoms with Crippen molar-refractivity contribution in [1.29, 1.82) is 0 Å². The first-order valence-corrected chi connectivity index (χ1v) is 5.26. The van der Waals surface area contributed by atoms with E-state index in [2.05, 4.69) is 6.58 Å². The molecule has 0 atom stereocenters. The van der Waals surface area contributed by atoms with E-state index >= 15 is 0 Å². The van der Waals surface area contributed by atoms with E-state index in [-0.39, 0.29) is 5.78 Å². The predicted molar refractivity (Wildman–Crippen MR) is 64.9 cm³/mol. The summed E-state index contributed by atoms with van der Waals surface area (Å²) in [7, 11) is 1.89. The molecule has 0 fully saturated rings. The summed E-state index contributed by atoms with van der Waals surface area (Å²) in [6.45, 7) is 3.64. The number of hydrogen-bond acceptors (Lipinski definition) is 1. The van der Waals surface area contributed by atoms with Crippen LogP contribution in [0.3, 0.4) is 0 Å². The van der Waals surface area contributed by atoms with Gasteiger partial charge in [-0.2, -0.15) is 0 Å². The highest BCUT2D eigenvalue weighted by Crippen LogP contribution is 2.30. The monoisotopic (exact) mass is 212 g/mol. The first-order valence-electron chi connectivity index (χ1n) is 5.26. The van der Waals surface area contributed by atoms with Crippen molar-refractivity contribution >= 4 is 11.4 Å². The molecule has 2 N–H and O–H groups in total. The van der Waals surface area contributed by atoms with E-state index < -0.39 is 0 Å². The fourth-order valence-electron chi connectivity index (χ4n) is 1.96. The van der Waals surface area contributed by atoms with Crippen LogP contribution in [0.25, 0.3) is 5.57 Å². The van der Waals surface area contributed by atoms with E-state index in [9.17, 15) is 4.79 Å². The van der Waals surface area contributed by atoms with E-state index in [4.69, 9.17) is 0 Å². The van der Waals surface area contributed by atoms with Crippen LogP contribution in [-0.2, 0) is 0 Å². The number of hydrogen-bond donors (Lipinski definition) is 1. The van der Waals surface area contributed by atoms with Gasteiger partial charge in [-0.3, -0.25) is 4.79 Å². The number of Topliss-reactive ketones (excluding diaryl/α,β-unsaturated/α-hetero) is 1. The Morgan fingerprint density at radius 1 is 1.25 bits per heavy atom. The van der Waals surface area contributed by atoms with E-state index in [1.54, 1.807) is 6.08 Å². The molecule has 2 heteroatoms. The molecule has 0 saturated carbocycles. The smallest absolute Gasteiger partial charge is 0.247 e. The molecule has 1 aliphatic rings. The summed E-state index contributed by atoms with van der Waals surface area (Å²) in [6.07, 6.45) is 5.51. The molecule has 0 aromatic heterocycles. The summed E-state index contributed by atoms with van der Waals surface area (Å²) in [4.78, 5) is 12.1. The van der Waals surface area contributed by atoms with Crippen molar-refractivity contribution in [2.75, 3.05) is 7.05 Å². The van der Waals surface area contributed by atoms with Gasteiger partial charge in [0.1, 0.15) is 0 Å². The molecule has 0 heterocycles. The molecule has 0 radical (unpaired) electrons. The molecular formula is C14H14NO+. The summed E-state index contributed by atoms with van der Waals surface area (Å²) >= 11 is 0. The average molecular weight is 212 g/mol. The Bertz CT molecular complexity index is 509. The highest BCUT2D eigenvalue weighted by molar-refractivity contribution is 6.20. The fourth-order valence-corrected chi connectivity index (χ4v) is 1.96. The van der Waals surface area contributed by atoms with Gasteiger partial charge in [0, 0.05) is 11.1 Å². The quantitative estimate of drug-likeness (QED) is 0.757. The first kappa shape index (κ1) is 10.6. The number of quaternary nitrogens is 1. The van der Waals surface area contributed by atoms with Crippen molar-refractivity contribution in [1.82, 2.24) is 0 Å². The highest BCUT2D eigenvalue weighted by Gasteiger charge is 2.30. The molecule has 0 amide bonds. The van der Waals surface area contributed by atoms with Gasteiger partial charge in [-0.1, -0.05) is 43.0 Å². The van der Waals surface area contributed by atoms with Crippen LogP contribution >= 0.6 is 0 Å². The Morgan fingerprint density at radius 2 is 1.94 bits per heavy atom. The zero-order chi connectivity index (χ0) is 11.5. The minimum absolute atomic E-state index is 0.113. The third-order valence-electron chi connectivity index (χ3n) is 2.68. The van der Waals surface area contributed by atoms with Crippen molar-refractivity contribution in [3.8, 4) is 0 Å². The summed E-state index contributed by atoms with van der Waals surface area (Å²) in [5.41, 5.74) is 3.57. The Kier molecular flexibility index (Phi) is 2.84. The Hall–Kier alpha value is -1.93. The number of carbonyl (C=O) groups excluding carboxylic acids is 1. The molecule has 1 aromatic rings. The summed E-state index contributed by atoms with van der Waals surface area (Å²) in [5.74, 6) is 0.113. The minimum atomic E-state index is 0.113. The van der Waals surface area contributed by atoms with E-state index in [0.717, 1.165) is 22.4 Å². The summed E-state index contributed by atoms with van der Waals surface area (Å²) < 4.78 is 0. The molecule has 16 heavy (non-hydrogen) atoms. The molecule has 1 aliphatic carbocycles. The number of rotatable bonds is 3. The lowest BCUT2D eigenvalue weighted by Crippen LogP contribution is -2.78. The summed E-state index contributed by atoms with van der Waals surface area (Å²) in [5, 5.41) is 1.87. The van der Waals surface area contributed by atoms with E-state index in [0.29, 0.717) is 0 Å². The van der Waals surface area contributed by atoms with Crippen LogP contribution in [0.5, 0.6) is 0 Å². The van der Waals surface area contributed by atoms with Gasteiger partial charge in [0.15, 0.2) is 5.70 Å². The number of carbonyl (C=O) groups is 1. The van der Waals surface area contributed by atoms with Crippen molar-refractivity contribution in [2.24, 2.45) is 0 Å². The second kappa shape index (κ2) is 4.29. The largest absolute Gasteiger partial charge is 0.312 e. The molecule has 0 saturated heterocycles. The second-order valence-electron chi connectivity index (χ2n) is 3.59. The maximum atomic E-state index is 12.1. The van der Waals surface area contributed by atoms with Crippen LogP contribution in [0.2, 0.25) is 0 Å². The Morgan fingerprint density at radius 3 is 2.56 bits per heavy atom. The van der Waals surface area contributed by atoms with Gasteiger partial charge in [-0.05, 0) is 11.6 Å². The molecule has 0 unspecified atom stereocenters. The standard InChI is InChI=1S/C14H13NO/c1-3-4-7-11-10-8-5-6-9-12(10)14(16)13(11)15-2/h3-9H,1H2,2H3,(H,15,16)/p+1/b7-4-. The summed E-state index contributed by atoms with van der Waals surface area (Å²) in [6, 6.07) is 7.69. The molecule has 1 aromatic carbocycles. The molecule has 0 aliphatic heterocycles. The van der Waals surface area contributed by atoms with Crippen LogP contribution in [0.4, 0.5) is 0 Å². The maximum Gasteiger partial charge on any atom is 0.247 e. The average Bonchev–Trinajstić information content (AvgIpc) is 2.60. The van der Waals surface area contributed by atoms with E-state index in [1.165, 1.54) is 0 Å². The van der Waals surface area contributed by atoms with Gasteiger partial charge < -0.3 is 5.32 Å². The van der Waals surface area contributed by atoms with Crippen molar-refractivity contribution in [2.45, 2.75) is 0 Å². The molecule has 2 nitrogen and oxygen atoms in total. The van der Waals surface area contributed by atoms with Crippen molar-refractivity contribution < 1.29 is 10.1 Å². The Labute approximate surface area is 95.0 Å². The normalized spacial score (nSPS) is 14.7. The third kappa shape index (κ3) is 1.53. The fraction of sp³-hybridized carbons (Fsp3) is 0.0714. The number of nitrogens with two attached hydrogens (primary N) is 1. The van der Waals surface area contributed by atoms with Gasteiger partial charge in [0.25, 0.3) is 0 Å². The molecule has 0 spiro atoms. The lowest BCUT2D eigenvalue weighted by atomic mass is 10.1. The SMILES string of the molecule is C=C/C=C\C1=C([NH2+]C)C(=O)c2ccccc21. The minimum Gasteiger partial charge on any atom is -0.312 e. The molecule has 2 rings (SSSR count). The maximum absolute atomic E-state index is 12.1. The van der Waals surface area contributed by atoms with Crippen LogP contribution in [0.15, 0.2) is 54.8 Å². The topological polar surface area (TPSA) is 33.7 Å². The van der Waals surface area contributed by atoms with Crippen LogP contribution in [-0.4, -0.2) is 12.8 Å². The van der Waals surface area contributed by atoms with Gasteiger partial charge in [-0.25, -0.2) is 0 Å². The second-order valence-corrected chi connectivity index (χ2v) is 3.59. The number of ketones is 1. The molecule has 80 valence electrons. The van der Waals surface area contributed by atoms with E-state index in [1.807, 2.05) is 48.8 Å². The lowest BCUT2D eigenvalue weighted by molar-refractivity contribution is -0.567. The van der Waals surface area contributed by atoms with Crippen LogP contribution in [0.1, 0.15) is 15.9 Å².